The van der Waals surface area contributed by atoms with Crippen LogP contribution in [-0.2, 0) is 13.1 Å². The normalized spacial score (nSPS) is 10.8. The highest BCUT2D eigenvalue weighted by Crippen LogP contribution is 2.31. The average molecular weight is 468 g/mol. The molecule has 0 bridgehead atoms. The lowest BCUT2D eigenvalue weighted by Crippen LogP contribution is -2.35. The Morgan fingerprint density at radius 1 is 1.06 bits per heavy atom. The molecule has 0 fully saturated rings. The van der Waals surface area contributed by atoms with E-state index in [-0.39, 0.29) is 18.6 Å². The Labute approximate surface area is 194 Å². The first-order valence-electron chi connectivity index (χ1n) is 10.1. The number of carbonyl (C=O) groups excluding carboxylic acids is 1. The first-order valence-corrected chi connectivity index (χ1v) is 10.5. The summed E-state index contributed by atoms with van der Waals surface area (Å²) in [6.07, 6.45) is 1.53. The van der Waals surface area contributed by atoms with Crippen LogP contribution in [0, 0.1) is 0 Å². The van der Waals surface area contributed by atoms with Gasteiger partial charge in [-0.25, -0.2) is 4.79 Å². The van der Waals surface area contributed by atoms with Crippen LogP contribution < -0.4 is 20.3 Å². The van der Waals surface area contributed by atoms with Gasteiger partial charge in [-0.3, -0.25) is 4.79 Å². The SMILES string of the molecule is COc1cc2cc(CN(Cc3ccco3)C(=O)Nc3ccccc3Cl)c(=O)[nH]c2cc1OC. The van der Waals surface area contributed by atoms with Crippen molar-refractivity contribution in [2.24, 2.45) is 0 Å². The molecule has 2 aromatic carbocycles. The maximum absolute atomic E-state index is 13.1. The summed E-state index contributed by atoms with van der Waals surface area (Å²) >= 11 is 6.19. The van der Waals surface area contributed by atoms with Crippen molar-refractivity contribution >= 4 is 34.2 Å². The van der Waals surface area contributed by atoms with Crippen molar-refractivity contribution in [1.29, 1.82) is 0 Å². The van der Waals surface area contributed by atoms with E-state index in [1.54, 1.807) is 61.7 Å². The summed E-state index contributed by atoms with van der Waals surface area (Å²) in [5.41, 5.74) is 1.15. The monoisotopic (exact) mass is 467 g/mol. The lowest BCUT2D eigenvalue weighted by atomic mass is 10.1. The van der Waals surface area contributed by atoms with E-state index in [4.69, 9.17) is 25.5 Å². The fraction of sp³-hybridized carbons (Fsp3) is 0.167. The summed E-state index contributed by atoms with van der Waals surface area (Å²) in [6.45, 7) is 0.198. The van der Waals surface area contributed by atoms with E-state index in [1.165, 1.54) is 18.3 Å². The Balaban J connectivity index is 1.67. The Morgan fingerprint density at radius 3 is 2.52 bits per heavy atom. The number of pyridine rings is 1. The Kier molecular flexibility index (Phi) is 6.55. The molecule has 0 radical (unpaired) electrons. The maximum atomic E-state index is 13.1. The number of hydrogen-bond acceptors (Lipinski definition) is 5. The number of furan rings is 1. The molecule has 4 aromatic rings. The molecule has 8 nitrogen and oxygen atoms in total. The number of fused-ring (bicyclic) bond motifs is 1. The van der Waals surface area contributed by atoms with Gasteiger partial charge < -0.3 is 29.1 Å². The van der Waals surface area contributed by atoms with Gasteiger partial charge in [-0.1, -0.05) is 23.7 Å². The van der Waals surface area contributed by atoms with Gasteiger partial charge in [0.2, 0.25) is 0 Å². The molecule has 0 saturated carbocycles. The molecule has 0 unspecified atom stereocenters. The van der Waals surface area contributed by atoms with E-state index in [2.05, 4.69) is 10.3 Å². The summed E-state index contributed by atoms with van der Waals surface area (Å²) in [7, 11) is 3.07. The number of ether oxygens (including phenoxy) is 2. The second-order valence-corrected chi connectivity index (χ2v) is 7.67. The number of amides is 2. The minimum Gasteiger partial charge on any atom is -0.493 e. The van der Waals surface area contributed by atoms with Crippen LogP contribution in [0.25, 0.3) is 10.9 Å². The molecule has 9 heteroatoms. The molecule has 0 aliphatic rings. The molecule has 2 N–H and O–H groups in total. The summed E-state index contributed by atoms with van der Waals surface area (Å²) < 4.78 is 16.1. The summed E-state index contributed by atoms with van der Waals surface area (Å²) in [6, 6.07) is 15.2. The van der Waals surface area contributed by atoms with E-state index in [1.807, 2.05) is 0 Å². The van der Waals surface area contributed by atoms with Crippen molar-refractivity contribution in [3.8, 4) is 11.5 Å². The summed E-state index contributed by atoms with van der Waals surface area (Å²) in [5.74, 6) is 1.62. The van der Waals surface area contributed by atoms with Crippen molar-refractivity contribution < 1.29 is 18.7 Å². The van der Waals surface area contributed by atoms with Gasteiger partial charge in [0.15, 0.2) is 11.5 Å². The fourth-order valence-corrected chi connectivity index (χ4v) is 3.63. The molecular weight excluding hydrogens is 446 g/mol. The van der Waals surface area contributed by atoms with Crippen LogP contribution in [0.15, 0.2) is 70.1 Å². The number of H-pyrrole nitrogens is 1. The van der Waals surface area contributed by atoms with E-state index >= 15 is 0 Å². The third kappa shape index (κ3) is 4.96. The number of urea groups is 1. The highest BCUT2D eigenvalue weighted by molar-refractivity contribution is 6.33. The highest BCUT2D eigenvalue weighted by Gasteiger charge is 2.19. The van der Waals surface area contributed by atoms with E-state index < -0.39 is 6.03 Å². The number of methoxy groups -OCH3 is 2. The minimum atomic E-state index is -0.425. The summed E-state index contributed by atoms with van der Waals surface area (Å²) in [5, 5.41) is 3.95. The first kappa shape index (κ1) is 22.3. The van der Waals surface area contributed by atoms with Crippen LogP contribution in [0.4, 0.5) is 10.5 Å². The second-order valence-electron chi connectivity index (χ2n) is 7.26. The molecule has 0 spiro atoms. The number of benzene rings is 2. The number of nitrogens with one attached hydrogen (secondary N) is 2. The van der Waals surface area contributed by atoms with Gasteiger partial charge in [0, 0.05) is 17.0 Å². The highest BCUT2D eigenvalue weighted by atomic mass is 35.5. The zero-order valence-electron chi connectivity index (χ0n) is 18.1. The van der Waals surface area contributed by atoms with Gasteiger partial charge in [0.25, 0.3) is 5.56 Å². The smallest absolute Gasteiger partial charge is 0.322 e. The number of aromatic nitrogens is 1. The average Bonchev–Trinajstić information content (AvgIpc) is 3.33. The molecule has 0 aliphatic heterocycles. The van der Waals surface area contributed by atoms with Gasteiger partial charge in [-0.05, 0) is 36.4 Å². The Bertz CT molecular complexity index is 1330. The minimum absolute atomic E-state index is 0.0383. The summed E-state index contributed by atoms with van der Waals surface area (Å²) in [4.78, 5) is 30.3. The van der Waals surface area contributed by atoms with Crippen LogP contribution in [0.3, 0.4) is 0 Å². The maximum Gasteiger partial charge on any atom is 0.322 e. The lowest BCUT2D eigenvalue weighted by Gasteiger charge is -2.22. The topological polar surface area (TPSA) is 96.8 Å². The van der Waals surface area contributed by atoms with Crippen LogP contribution in [-0.4, -0.2) is 30.1 Å². The molecule has 170 valence electrons. The largest absolute Gasteiger partial charge is 0.493 e. The lowest BCUT2D eigenvalue weighted by molar-refractivity contribution is 0.201. The predicted molar refractivity (Wildman–Crippen MR) is 126 cm³/mol. The zero-order valence-corrected chi connectivity index (χ0v) is 18.8. The van der Waals surface area contributed by atoms with Crippen LogP contribution in [0.5, 0.6) is 11.5 Å². The van der Waals surface area contributed by atoms with Gasteiger partial charge in [-0.15, -0.1) is 0 Å². The number of hydrogen-bond donors (Lipinski definition) is 2. The Hall–Kier alpha value is -3.91. The van der Waals surface area contributed by atoms with E-state index in [9.17, 15) is 9.59 Å². The molecule has 0 aliphatic carbocycles. The van der Waals surface area contributed by atoms with Crippen molar-refractivity contribution in [3.05, 3.63) is 87.6 Å². The van der Waals surface area contributed by atoms with E-state index in [0.717, 1.165) is 5.39 Å². The predicted octanol–water partition coefficient (Wildman–Crippen LogP) is 5.03. The van der Waals surface area contributed by atoms with Crippen LogP contribution in [0.2, 0.25) is 5.02 Å². The molecule has 0 atom stereocenters. The third-order valence-electron chi connectivity index (χ3n) is 5.12. The fourth-order valence-electron chi connectivity index (χ4n) is 3.45. The standard InChI is InChI=1S/C24H22ClN3O5/c1-31-21-11-15-10-16(23(29)26-20(15)12-22(21)32-2)13-28(14-17-6-5-9-33-17)24(30)27-19-8-4-3-7-18(19)25/h3-12H,13-14H2,1-2H3,(H,26,29)(H,27,30). The van der Waals surface area contributed by atoms with Gasteiger partial charge in [0.1, 0.15) is 5.76 Å². The third-order valence-corrected chi connectivity index (χ3v) is 5.45. The van der Waals surface area contributed by atoms with E-state index in [0.29, 0.717) is 39.0 Å². The van der Waals surface area contributed by atoms with Gasteiger partial charge >= 0.3 is 6.03 Å². The van der Waals surface area contributed by atoms with Gasteiger partial charge in [0.05, 0.1) is 49.8 Å². The number of anilines is 1. The van der Waals surface area contributed by atoms with Crippen LogP contribution >= 0.6 is 11.6 Å². The second kappa shape index (κ2) is 9.70. The molecule has 33 heavy (non-hydrogen) atoms. The van der Waals surface area contributed by atoms with Crippen molar-refractivity contribution in [3.63, 3.8) is 0 Å². The zero-order chi connectivity index (χ0) is 23.4. The van der Waals surface area contributed by atoms with Crippen molar-refractivity contribution in [1.82, 2.24) is 9.88 Å². The van der Waals surface area contributed by atoms with Crippen molar-refractivity contribution in [2.45, 2.75) is 13.1 Å². The quantitative estimate of drug-likeness (QED) is 0.397. The molecular formula is C24H22ClN3O5. The number of carbonyl (C=O) groups is 1. The number of para-hydroxylation sites is 1. The molecule has 2 aromatic heterocycles. The molecule has 2 heterocycles. The van der Waals surface area contributed by atoms with Gasteiger partial charge in [-0.2, -0.15) is 0 Å². The number of halogens is 1. The first-order chi connectivity index (χ1) is 16.0. The number of aromatic amines is 1. The molecule has 0 saturated heterocycles. The van der Waals surface area contributed by atoms with Crippen molar-refractivity contribution in [2.75, 3.05) is 19.5 Å². The Morgan fingerprint density at radius 2 is 1.82 bits per heavy atom. The molecule has 2 amide bonds. The molecule has 4 rings (SSSR count). The van der Waals surface area contributed by atoms with Crippen LogP contribution in [0.1, 0.15) is 11.3 Å². The number of rotatable bonds is 7. The number of nitrogens with zero attached hydrogens (tertiary/aromatic N) is 1.